The minimum Gasteiger partial charge on any atom is -0.328 e. The monoisotopic (exact) mass is 322 g/mol. The number of ketones is 1. The second-order valence-corrected chi connectivity index (χ2v) is 6.88. The van der Waals surface area contributed by atoms with Gasteiger partial charge in [-0.3, -0.25) is 4.79 Å². The molecule has 1 aromatic heterocycles. The Hall–Kier alpha value is -2.43. The predicted octanol–water partition coefficient (Wildman–Crippen LogP) is 3.42. The van der Waals surface area contributed by atoms with Gasteiger partial charge in [0.25, 0.3) is 0 Å². The number of rotatable bonds is 2. The summed E-state index contributed by atoms with van der Waals surface area (Å²) in [5, 5.41) is 7.90. The van der Waals surface area contributed by atoms with E-state index in [1.165, 1.54) is 5.56 Å². The number of benzene rings is 1. The Labute approximate surface area is 141 Å². The first-order valence-corrected chi connectivity index (χ1v) is 8.62. The molecule has 2 aromatic rings. The van der Waals surface area contributed by atoms with Crippen LogP contribution in [0.5, 0.6) is 0 Å². The summed E-state index contributed by atoms with van der Waals surface area (Å²) in [5.41, 5.74) is 4.26. The van der Waals surface area contributed by atoms with E-state index in [2.05, 4.69) is 53.5 Å². The highest BCUT2D eigenvalue weighted by atomic mass is 16.1. The molecule has 1 N–H and O–H groups in total. The predicted molar refractivity (Wildman–Crippen MR) is 92.8 cm³/mol. The Morgan fingerprint density at radius 2 is 2.00 bits per heavy atom. The van der Waals surface area contributed by atoms with Crippen molar-refractivity contribution >= 4 is 11.7 Å². The molecule has 24 heavy (non-hydrogen) atoms. The van der Waals surface area contributed by atoms with E-state index in [9.17, 15) is 4.79 Å². The lowest BCUT2D eigenvalue weighted by atomic mass is 9.81. The molecule has 0 saturated carbocycles. The molecule has 0 fully saturated rings. The molecular formula is C19H22N4O. The van der Waals surface area contributed by atoms with Gasteiger partial charge >= 0.3 is 0 Å². The van der Waals surface area contributed by atoms with Crippen LogP contribution >= 0.6 is 0 Å². The average molecular weight is 322 g/mol. The molecule has 0 saturated heterocycles. The Kier molecular flexibility index (Phi) is 3.52. The molecule has 0 spiro atoms. The average Bonchev–Trinajstić information content (AvgIpc) is 2.92. The molecule has 0 amide bonds. The van der Waals surface area contributed by atoms with Crippen molar-refractivity contribution < 1.29 is 4.79 Å². The van der Waals surface area contributed by atoms with E-state index in [1.54, 1.807) is 0 Å². The third-order valence-electron chi connectivity index (χ3n) is 4.93. The summed E-state index contributed by atoms with van der Waals surface area (Å²) in [5.74, 6) is 2.03. The number of carbonyl (C=O) groups excluding carboxylic acids is 1. The number of nitrogens with zero attached hydrogens (tertiary/aromatic N) is 3. The second kappa shape index (κ2) is 5.58. The second-order valence-electron chi connectivity index (χ2n) is 6.88. The Balaban J connectivity index is 1.87. The maximum absolute atomic E-state index is 12.8. The molecule has 124 valence electrons. The van der Waals surface area contributed by atoms with Crippen LogP contribution in [0, 0.1) is 12.8 Å². The number of anilines is 1. The van der Waals surface area contributed by atoms with Crippen LogP contribution in [0.15, 0.2) is 35.5 Å². The summed E-state index contributed by atoms with van der Waals surface area (Å²) in [6, 6.07) is 8.33. The first-order valence-electron chi connectivity index (χ1n) is 8.62. The third kappa shape index (κ3) is 2.35. The maximum atomic E-state index is 12.8. The number of aromatic nitrogens is 3. The minimum absolute atomic E-state index is 0.177. The molecular weight excluding hydrogens is 300 g/mol. The molecule has 2 atom stereocenters. The molecule has 0 unspecified atom stereocenters. The molecule has 5 heteroatoms. The maximum Gasteiger partial charge on any atom is 0.226 e. The van der Waals surface area contributed by atoms with Crippen molar-refractivity contribution in [2.24, 2.45) is 5.92 Å². The molecule has 1 aliphatic carbocycles. The first-order chi connectivity index (χ1) is 11.6. The summed E-state index contributed by atoms with van der Waals surface area (Å²) < 4.78 is 1.86. The minimum atomic E-state index is -0.177. The number of allylic oxidation sites excluding steroid dienone is 2. The zero-order valence-corrected chi connectivity index (χ0v) is 14.3. The normalized spacial score (nSPS) is 22.9. The van der Waals surface area contributed by atoms with Gasteiger partial charge in [-0.1, -0.05) is 38.1 Å². The summed E-state index contributed by atoms with van der Waals surface area (Å²) >= 11 is 0. The zero-order chi connectivity index (χ0) is 16.8. The first kappa shape index (κ1) is 15.1. The molecule has 0 radical (unpaired) electrons. The van der Waals surface area contributed by atoms with Crippen molar-refractivity contribution in [2.75, 3.05) is 5.32 Å². The summed E-state index contributed by atoms with van der Waals surface area (Å²) in [7, 11) is 0. The highest BCUT2D eigenvalue weighted by molar-refractivity contribution is 5.99. The van der Waals surface area contributed by atoms with Crippen LogP contribution in [0.1, 0.15) is 49.7 Å². The van der Waals surface area contributed by atoms with Crippen molar-refractivity contribution in [1.29, 1.82) is 0 Å². The van der Waals surface area contributed by atoms with Crippen LogP contribution < -0.4 is 5.32 Å². The lowest BCUT2D eigenvalue weighted by Crippen LogP contribution is -2.33. The number of hydrogen-bond donors (Lipinski definition) is 1. The van der Waals surface area contributed by atoms with Crippen LogP contribution in [0.4, 0.5) is 5.95 Å². The van der Waals surface area contributed by atoms with Gasteiger partial charge in [-0.15, -0.1) is 0 Å². The van der Waals surface area contributed by atoms with Crippen LogP contribution in [0.3, 0.4) is 0 Å². The van der Waals surface area contributed by atoms with Crippen molar-refractivity contribution in [1.82, 2.24) is 14.8 Å². The van der Waals surface area contributed by atoms with E-state index in [0.717, 1.165) is 35.6 Å². The number of nitrogens with one attached hydrogen (secondary N) is 1. The van der Waals surface area contributed by atoms with Crippen molar-refractivity contribution in [3.8, 4) is 0 Å². The van der Waals surface area contributed by atoms with E-state index < -0.39 is 0 Å². The van der Waals surface area contributed by atoms with E-state index in [-0.39, 0.29) is 11.8 Å². The Morgan fingerprint density at radius 1 is 1.25 bits per heavy atom. The number of hydrogen-bond acceptors (Lipinski definition) is 4. The van der Waals surface area contributed by atoms with Gasteiger partial charge in [-0.25, -0.2) is 4.68 Å². The fraction of sp³-hybridized carbons (Fsp3) is 0.421. The summed E-state index contributed by atoms with van der Waals surface area (Å²) in [6.07, 6.45) is 2.49. The molecule has 0 bridgehead atoms. The van der Waals surface area contributed by atoms with Crippen molar-refractivity contribution in [2.45, 2.75) is 46.1 Å². The topological polar surface area (TPSA) is 59.8 Å². The van der Waals surface area contributed by atoms with Gasteiger partial charge < -0.3 is 5.32 Å². The fourth-order valence-corrected chi connectivity index (χ4v) is 3.76. The molecule has 2 aliphatic rings. The molecule has 4 rings (SSSR count). The lowest BCUT2D eigenvalue weighted by Gasteiger charge is -2.34. The number of fused-ring (bicyclic) bond motifs is 1. The van der Waals surface area contributed by atoms with Gasteiger partial charge in [0.15, 0.2) is 5.78 Å². The van der Waals surface area contributed by atoms with Crippen LogP contribution in [0.25, 0.3) is 0 Å². The van der Waals surface area contributed by atoms with Gasteiger partial charge in [0.1, 0.15) is 11.9 Å². The van der Waals surface area contributed by atoms with Gasteiger partial charge in [0, 0.05) is 17.7 Å². The fourth-order valence-electron chi connectivity index (χ4n) is 3.76. The Bertz CT molecular complexity index is 832. The number of carbonyl (C=O) groups is 1. The molecule has 5 nitrogen and oxygen atoms in total. The number of Topliss-reactive ketones (excluding diaryl/α,β-unsaturated/α-hetero) is 1. The zero-order valence-electron chi connectivity index (χ0n) is 14.3. The highest BCUT2D eigenvalue weighted by Crippen LogP contribution is 2.41. The van der Waals surface area contributed by atoms with E-state index in [4.69, 9.17) is 0 Å². The molecule has 2 heterocycles. The highest BCUT2D eigenvalue weighted by Gasteiger charge is 2.38. The quantitative estimate of drug-likeness (QED) is 0.920. The van der Waals surface area contributed by atoms with Crippen molar-refractivity contribution in [3.05, 3.63) is 52.5 Å². The third-order valence-corrected chi connectivity index (χ3v) is 4.93. The van der Waals surface area contributed by atoms with Gasteiger partial charge in [0.05, 0.1) is 0 Å². The van der Waals surface area contributed by atoms with Crippen molar-refractivity contribution in [3.63, 3.8) is 0 Å². The summed E-state index contributed by atoms with van der Waals surface area (Å²) in [6.45, 7) is 6.15. The molecule has 1 aliphatic heterocycles. The van der Waals surface area contributed by atoms with Gasteiger partial charge in [-0.2, -0.15) is 10.1 Å². The van der Waals surface area contributed by atoms with Crippen LogP contribution in [-0.2, 0) is 11.2 Å². The number of aryl methyl sites for hydroxylation is 2. The van der Waals surface area contributed by atoms with Crippen LogP contribution in [-0.4, -0.2) is 20.5 Å². The van der Waals surface area contributed by atoms with E-state index in [1.807, 2.05) is 11.6 Å². The standard InChI is InChI=1S/C19H22N4O/c1-4-13-5-7-14(8-6-13)18-17-15(9-11(2)10-16(17)24)21-19-20-12(3)22-23(18)19/h5-8,11,18H,4,9-10H2,1-3H3,(H,20,21,22)/t11-,18-/m0/s1. The Morgan fingerprint density at radius 3 is 2.71 bits per heavy atom. The smallest absolute Gasteiger partial charge is 0.226 e. The van der Waals surface area contributed by atoms with E-state index >= 15 is 0 Å². The van der Waals surface area contributed by atoms with Gasteiger partial charge in [0.2, 0.25) is 5.95 Å². The largest absolute Gasteiger partial charge is 0.328 e. The van der Waals surface area contributed by atoms with E-state index in [0.29, 0.717) is 18.2 Å². The van der Waals surface area contributed by atoms with Gasteiger partial charge in [-0.05, 0) is 36.8 Å². The lowest BCUT2D eigenvalue weighted by molar-refractivity contribution is -0.117. The summed E-state index contributed by atoms with van der Waals surface area (Å²) in [4.78, 5) is 17.3. The van der Waals surface area contributed by atoms with Crippen LogP contribution in [0.2, 0.25) is 0 Å². The molecule has 1 aromatic carbocycles. The SMILES string of the molecule is CCc1ccc([C@H]2C3=C(C[C@H](C)CC3=O)Nc3nc(C)nn32)cc1.